The molecule has 0 radical (unpaired) electrons. The largest absolute Gasteiger partial charge is 0.350 e. The van der Waals surface area contributed by atoms with E-state index in [2.05, 4.69) is 5.32 Å². The third-order valence-electron chi connectivity index (χ3n) is 3.51. The van der Waals surface area contributed by atoms with Crippen LogP contribution in [0.25, 0.3) is 0 Å². The number of carbonyl (C=O) groups is 1. The first-order valence-corrected chi connectivity index (χ1v) is 7.20. The molecule has 2 aromatic carbocycles. The lowest BCUT2D eigenvalue weighted by atomic mass is 10.0. The molecule has 1 N–H and O–H groups in total. The Kier molecular flexibility index (Phi) is 5.45. The fourth-order valence-electron chi connectivity index (χ4n) is 2.33. The molecule has 0 saturated heterocycles. The first-order valence-electron chi connectivity index (χ1n) is 7.20. The SMILES string of the molecule is CN(C)[C@@H](C(=O)NCc1ccc(C#N)cc1)c1ccccc1F. The van der Waals surface area contributed by atoms with Gasteiger partial charge >= 0.3 is 0 Å². The minimum absolute atomic E-state index is 0.274. The molecular weight excluding hydrogens is 293 g/mol. The molecule has 0 spiro atoms. The summed E-state index contributed by atoms with van der Waals surface area (Å²) in [6, 6.07) is 14.6. The lowest BCUT2D eigenvalue weighted by molar-refractivity contribution is -0.126. The van der Waals surface area contributed by atoms with Gasteiger partial charge in [0.25, 0.3) is 0 Å². The fraction of sp³-hybridized carbons (Fsp3) is 0.222. The standard InChI is InChI=1S/C18H18FN3O/c1-22(2)17(15-5-3-4-6-16(15)19)18(23)21-12-14-9-7-13(11-20)8-10-14/h3-10,17H,12H2,1-2H3,(H,21,23)/t17-/m1/s1. The van der Waals surface area contributed by atoms with Crippen LogP contribution in [0.1, 0.15) is 22.7 Å². The second kappa shape index (κ2) is 7.52. The van der Waals surface area contributed by atoms with E-state index in [-0.39, 0.29) is 5.91 Å². The molecule has 0 aliphatic heterocycles. The number of nitriles is 1. The highest BCUT2D eigenvalue weighted by Crippen LogP contribution is 2.21. The molecule has 0 aliphatic rings. The first-order chi connectivity index (χ1) is 11.0. The van der Waals surface area contributed by atoms with E-state index in [1.807, 2.05) is 6.07 Å². The number of nitrogens with one attached hydrogen (secondary N) is 1. The monoisotopic (exact) mass is 311 g/mol. The molecule has 0 heterocycles. The predicted octanol–water partition coefficient (Wildman–Crippen LogP) is 2.62. The average Bonchev–Trinajstić information content (AvgIpc) is 2.55. The maximum Gasteiger partial charge on any atom is 0.242 e. The van der Waals surface area contributed by atoms with Crippen LogP contribution in [0, 0.1) is 17.1 Å². The smallest absolute Gasteiger partial charge is 0.242 e. The van der Waals surface area contributed by atoms with Gasteiger partial charge in [0.15, 0.2) is 0 Å². The van der Waals surface area contributed by atoms with Crippen LogP contribution in [-0.4, -0.2) is 24.9 Å². The summed E-state index contributed by atoms with van der Waals surface area (Å²) in [7, 11) is 3.47. The van der Waals surface area contributed by atoms with E-state index in [1.165, 1.54) is 6.07 Å². The van der Waals surface area contributed by atoms with Crippen molar-refractivity contribution in [3.05, 3.63) is 71.0 Å². The van der Waals surface area contributed by atoms with E-state index in [4.69, 9.17) is 5.26 Å². The van der Waals surface area contributed by atoms with E-state index in [0.29, 0.717) is 17.7 Å². The molecule has 0 aliphatic carbocycles. The van der Waals surface area contributed by atoms with Crippen molar-refractivity contribution in [2.45, 2.75) is 12.6 Å². The maximum absolute atomic E-state index is 14.0. The minimum atomic E-state index is -0.699. The Morgan fingerprint density at radius 1 is 1.22 bits per heavy atom. The van der Waals surface area contributed by atoms with Crippen LogP contribution >= 0.6 is 0 Å². The molecule has 4 nitrogen and oxygen atoms in total. The highest BCUT2D eigenvalue weighted by molar-refractivity contribution is 5.83. The van der Waals surface area contributed by atoms with Crippen molar-refractivity contribution in [2.24, 2.45) is 0 Å². The number of rotatable bonds is 5. The summed E-state index contributed by atoms with van der Waals surface area (Å²) in [5.74, 6) is -0.677. The van der Waals surface area contributed by atoms with Gasteiger partial charge in [-0.2, -0.15) is 5.26 Å². The van der Waals surface area contributed by atoms with Gasteiger partial charge in [-0.3, -0.25) is 9.69 Å². The molecule has 1 atom stereocenters. The topological polar surface area (TPSA) is 56.1 Å². The third-order valence-corrected chi connectivity index (χ3v) is 3.51. The van der Waals surface area contributed by atoms with E-state index < -0.39 is 11.9 Å². The number of hydrogen-bond acceptors (Lipinski definition) is 3. The summed E-state index contributed by atoms with van der Waals surface area (Å²) in [5, 5.41) is 11.6. The Morgan fingerprint density at radius 2 is 1.87 bits per heavy atom. The van der Waals surface area contributed by atoms with Crippen molar-refractivity contribution in [3.63, 3.8) is 0 Å². The van der Waals surface area contributed by atoms with Crippen molar-refractivity contribution < 1.29 is 9.18 Å². The van der Waals surface area contributed by atoms with E-state index in [1.54, 1.807) is 61.5 Å². The second-order valence-corrected chi connectivity index (χ2v) is 5.41. The zero-order chi connectivity index (χ0) is 16.8. The van der Waals surface area contributed by atoms with Gasteiger partial charge in [0.1, 0.15) is 11.9 Å². The van der Waals surface area contributed by atoms with Gasteiger partial charge < -0.3 is 5.32 Å². The summed E-state index contributed by atoms with van der Waals surface area (Å²) < 4.78 is 14.0. The van der Waals surface area contributed by atoms with Crippen LogP contribution in [0.5, 0.6) is 0 Å². The lowest BCUT2D eigenvalue weighted by Gasteiger charge is -2.24. The van der Waals surface area contributed by atoms with Crippen molar-refractivity contribution in [1.82, 2.24) is 10.2 Å². The fourth-order valence-corrected chi connectivity index (χ4v) is 2.33. The van der Waals surface area contributed by atoms with Crippen LogP contribution in [0.2, 0.25) is 0 Å². The quantitative estimate of drug-likeness (QED) is 0.923. The van der Waals surface area contributed by atoms with E-state index in [9.17, 15) is 9.18 Å². The highest BCUT2D eigenvalue weighted by atomic mass is 19.1. The molecule has 0 unspecified atom stereocenters. The van der Waals surface area contributed by atoms with E-state index >= 15 is 0 Å². The molecule has 0 fully saturated rings. The van der Waals surface area contributed by atoms with Crippen LogP contribution in [0.4, 0.5) is 4.39 Å². The number of benzene rings is 2. The molecule has 118 valence electrons. The summed E-state index contributed by atoms with van der Waals surface area (Å²) in [6.07, 6.45) is 0. The van der Waals surface area contributed by atoms with Crippen LogP contribution in [0.15, 0.2) is 48.5 Å². The molecule has 0 aromatic heterocycles. The molecule has 2 rings (SSSR count). The molecule has 23 heavy (non-hydrogen) atoms. The molecule has 1 amide bonds. The number of hydrogen-bond donors (Lipinski definition) is 1. The van der Waals surface area contributed by atoms with Gasteiger partial charge in [-0.15, -0.1) is 0 Å². The van der Waals surface area contributed by atoms with Gasteiger partial charge in [0.05, 0.1) is 11.6 Å². The summed E-state index contributed by atoms with van der Waals surface area (Å²) in [5.41, 5.74) is 1.79. The average molecular weight is 311 g/mol. The van der Waals surface area contributed by atoms with Crippen molar-refractivity contribution in [1.29, 1.82) is 5.26 Å². The molecule has 0 bridgehead atoms. The molecule has 5 heteroatoms. The Morgan fingerprint density at radius 3 is 2.43 bits per heavy atom. The lowest BCUT2D eigenvalue weighted by Crippen LogP contribution is -2.37. The Balaban J connectivity index is 2.10. The molecular formula is C18H18FN3O. The van der Waals surface area contributed by atoms with E-state index in [0.717, 1.165) is 5.56 Å². The van der Waals surface area contributed by atoms with Crippen molar-refractivity contribution >= 4 is 5.91 Å². The zero-order valence-electron chi connectivity index (χ0n) is 13.1. The summed E-state index contributed by atoms with van der Waals surface area (Å²) in [6.45, 7) is 0.323. The number of amides is 1. The number of carbonyl (C=O) groups excluding carboxylic acids is 1. The highest BCUT2D eigenvalue weighted by Gasteiger charge is 2.25. The number of likely N-dealkylation sites (N-methyl/N-ethyl adjacent to an activating group) is 1. The minimum Gasteiger partial charge on any atom is -0.350 e. The van der Waals surface area contributed by atoms with Crippen LogP contribution in [-0.2, 0) is 11.3 Å². The summed E-state index contributed by atoms with van der Waals surface area (Å²) >= 11 is 0. The van der Waals surface area contributed by atoms with Crippen LogP contribution < -0.4 is 5.32 Å². The second-order valence-electron chi connectivity index (χ2n) is 5.41. The number of nitrogens with zero attached hydrogens (tertiary/aromatic N) is 2. The predicted molar refractivity (Wildman–Crippen MR) is 85.8 cm³/mol. The van der Waals surface area contributed by atoms with Gasteiger partial charge in [0, 0.05) is 12.1 Å². The third kappa shape index (κ3) is 4.15. The van der Waals surface area contributed by atoms with Gasteiger partial charge in [-0.25, -0.2) is 4.39 Å². The van der Waals surface area contributed by atoms with Gasteiger partial charge in [-0.1, -0.05) is 30.3 Å². The Bertz CT molecular complexity index is 720. The molecule has 0 saturated carbocycles. The van der Waals surface area contributed by atoms with Crippen molar-refractivity contribution in [2.75, 3.05) is 14.1 Å². The van der Waals surface area contributed by atoms with Gasteiger partial charge in [-0.05, 0) is 37.9 Å². The normalized spacial score (nSPS) is 11.8. The van der Waals surface area contributed by atoms with Crippen LogP contribution in [0.3, 0.4) is 0 Å². The van der Waals surface area contributed by atoms with Gasteiger partial charge in [0.2, 0.25) is 5.91 Å². The molecule has 2 aromatic rings. The first kappa shape index (κ1) is 16.7. The maximum atomic E-state index is 14.0. The zero-order valence-corrected chi connectivity index (χ0v) is 13.1. The number of halogens is 1. The summed E-state index contributed by atoms with van der Waals surface area (Å²) in [4.78, 5) is 14.1. The Hall–Kier alpha value is -2.71. The van der Waals surface area contributed by atoms with Crippen molar-refractivity contribution in [3.8, 4) is 6.07 Å². The Labute approximate surface area is 135 Å².